The molecule has 12 heteroatoms. The average Bonchev–Trinajstić information content (AvgIpc) is 3.06. The quantitative estimate of drug-likeness (QED) is 0.244. The molecule has 172 valence electrons. The molecule has 0 bridgehead atoms. The maximum Gasteiger partial charge on any atom is 0.241 e. The van der Waals surface area contributed by atoms with Crippen molar-refractivity contribution in [2.75, 3.05) is 20.6 Å². The minimum atomic E-state index is -3.73. The minimum absolute atomic E-state index is 0. The van der Waals surface area contributed by atoms with Crippen LogP contribution in [0.4, 0.5) is 0 Å². The highest BCUT2D eigenvalue weighted by Gasteiger charge is 2.10. The van der Waals surface area contributed by atoms with Crippen LogP contribution in [0.2, 0.25) is 0 Å². The topological polar surface area (TPSA) is 135 Å². The molecule has 2 rings (SSSR count). The van der Waals surface area contributed by atoms with Gasteiger partial charge in [0.2, 0.25) is 15.9 Å². The maximum atomic E-state index is 11.9. The van der Waals surface area contributed by atoms with Gasteiger partial charge in [0.05, 0.1) is 23.7 Å². The molecule has 0 saturated carbocycles. The number of guanidine groups is 1. The first kappa shape index (κ1) is 26.8. The molecular weight excluding hydrogens is 533 g/mol. The van der Waals surface area contributed by atoms with E-state index in [9.17, 15) is 13.2 Å². The fourth-order valence-corrected chi connectivity index (χ4v) is 3.17. The molecule has 31 heavy (non-hydrogen) atoms. The van der Waals surface area contributed by atoms with E-state index in [4.69, 9.17) is 5.14 Å². The summed E-state index contributed by atoms with van der Waals surface area (Å²) in [5.74, 6) is 0.379. The molecule has 1 amide bonds. The summed E-state index contributed by atoms with van der Waals surface area (Å²) >= 11 is 0. The van der Waals surface area contributed by atoms with E-state index < -0.39 is 10.0 Å². The number of hydrogen-bond donors (Lipinski definition) is 3. The van der Waals surface area contributed by atoms with E-state index in [1.165, 1.54) is 17.0 Å². The van der Waals surface area contributed by atoms with Crippen molar-refractivity contribution < 1.29 is 13.2 Å². The zero-order valence-electron chi connectivity index (χ0n) is 18.1. The number of carbonyl (C=O) groups excluding carboxylic acids is 1. The van der Waals surface area contributed by atoms with Crippen molar-refractivity contribution in [2.45, 2.75) is 31.3 Å². The molecule has 0 fully saturated rings. The summed E-state index contributed by atoms with van der Waals surface area (Å²) in [6.07, 6.45) is 2.76. The first-order chi connectivity index (χ1) is 14.1. The molecular formula is C19H30IN7O3S. The van der Waals surface area contributed by atoms with Crippen molar-refractivity contribution in [1.29, 1.82) is 0 Å². The van der Waals surface area contributed by atoms with Crippen LogP contribution >= 0.6 is 24.0 Å². The van der Waals surface area contributed by atoms with E-state index in [0.29, 0.717) is 19.0 Å². The van der Waals surface area contributed by atoms with Crippen LogP contribution in [0.5, 0.6) is 0 Å². The van der Waals surface area contributed by atoms with Gasteiger partial charge in [-0.3, -0.25) is 9.48 Å². The van der Waals surface area contributed by atoms with Gasteiger partial charge in [0.1, 0.15) is 0 Å². The van der Waals surface area contributed by atoms with E-state index >= 15 is 0 Å². The van der Waals surface area contributed by atoms with Gasteiger partial charge in [-0.05, 0) is 24.1 Å². The normalized spacial score (nSPS) is 11.6. The lowest BCUT2D eigenvalue weighted by molar-refractivity contribution is -0.127. The van der Waals surface area contributed by atoms with Gasteiger partial charge in [0.25, 0.3) is 0 Å². The number of nitrogens with zero attached hydrogens (tertiary/aromatic N) is 4. The number of carbonyl (C=O) groups is 1. The van der Waals surface area contributed by atoms with E-state index in [0.717, 1.165) is 23.2 Å². The van der Waals surface area contributed by atoms with Gasteiger partial charge < -0.3 is 15.5 Å². The molecule has 0 radical (unpaired) electrons. The van der Waals surface area contributed by atoms with Crippen LogP contribution in [0.1, 0.15) is 23.7 Å². The number of aromatic nitrogens is 2. The first-order valence-corrected chi connectivity index (χ1v) is 11.0. The van der Waals surface area contributed by atoms with Gasteiger partial charge in [-0.1, -0.05) is 19.1 Å². The summed E-state index contributed by atoms with van der Waals surface area (Å²) in [4.78, 5) is 18.0. The fourth-order valence-electron chi connectivity index (χ4n) is 2.65. The number of halogens is 1. The predicted molar refractivity (Wildman–Crippen MR) is 130 cm³/mol. The second-order valence-corrected chi connectivity index (χ2v) is 8.54. The number of likely N-dealkylation sites (N-methyl/N-ethyl adjacent to an activating group) is 1. The Bertz CT molecular complexity index is 1000. The molecule has 2 aromatic rings. The summed E-state index contributed by atoms with van der Waals surface area (Å²) in [5.41, 5.74) is 2.84. The third kappa shape index (κ3) is 8.45. The standard InChI is InChI=1S/C19H29N7O3S.HI/c1-5-17-15(13-26(4)24-17)11-22-19(23-12-18(27)25(2)3)21-10-14-6-8-16(9-7-14)30(20,28)29;/h6-9,13H,5,10-12H2,1-4H3,(H2,20,28,29)(H2,21,22,23);1H. The monoisotopic (exact) mass is 563 g/mol. The van der Waals surface area contributed by atoms with Crippen LogP contribution in [0.25, 0.3) is 0 Å². The Balaban J connectivity index is 0.00000480. The summed E-state index contributed by atoms with van der Waals surface area (Å²) in [5, 5.41) is 15.8. The van der Waals surface area contributed by atoms with Gasteiger partial charge in [0.15, 0.2) is 5.96 Å². The Hall–Kier alpha value is -2.19. The highest BCUT2D eigenvalue weighted by atomic mass is 127. The number of rotatable bonds is 8. The Labute approximate surface area is 200 Å². The van der Waals surface area contributed by atoms with Gasteiger partial charge in [0, 0.05) is 39.4 Å². The second-order valence-electron chi connectivity index (χ2n) is 6.98. The number of benzene rings is 1. The van der Waals surface area contributed by atoms with Crippen LogP contribution < -0.4 is 15.8 Å². The van der Waals surface area contributed by atoms with Crippen LogP contribution in [0.15, 0.2) is 40.4 Å². The highest BCUT2D eigenvalue weighted by Crippen LogP contribution is 2.10. The number of nitrogens with two attached hydrogens (primary N) is 1. The van der Waals surface area contributed by atoms with Gasteiger partial charge in [-0.25, -0.2) is 18.5 Å². The molecule has 0 aliphatic carbocycles. The van der Waals surface area contributed by atoms with Crippen molar-refractivity contribution in [1.82, 2.24) is 25.3 Å². The largest absolute Gasteiger partial charge is 0.352 e. The molecule has 1 aromatic heterocycles. The smallest absolute Gasteiger partial charge is 0.241 e. The number of aryl methyl sites for hydroxylation is 2. The lowest BCUT2D eigenvalue weighted by atomic mass is 10.2. The Morgan fingerprint density at radius 2 is 1.87 bits per heavy atom. The van der Waals surface area contributed by atoms with Crippen LogP contribution in [-0.4, -0.2) is 55.6 Å². The van der Waals surface area contributed by atoms with Gasteiger partial charge in [-0.15, -0.1) is 24.0 Å². The zero-order valence-corrected chi connectivity index (χ0v) is 21.3. The van der Waals surface area contributed by atoms with Crippen LogP contribution in [0.3, 0.4) is 0 Å². The van der Waals surface area contributed by atoms with Crippen molar-refractivity contribution in [2.24, 2.45) is 17.2 Å². The molecule has 0 spiro atoms. The van der Waals surface area contributed by atoms with Gasteiger partial charge in [-0.2, -0.15) is 5.10 Å². The fraction of sp³-hybridized carbons (Fsp3) is 0.421. The minimum Gasteiger partial charge on any atom is -0.352 e. The zero-order chi connectivity index (χ0) is 22.3. The number of primary sulfonamides is 1. The van der Waals surface area contributed by atoms with Crippen molar-refractivity contribution in [3.8, 4) is 0 Å². The number of sulfonamides is 1. The second kappa shape index (κ2) is 12.0. The molecule has 1 heterocycles. The van der Waals surface area contributed by atoms with Crippen LogP contribution in [0, 0.1) is 0 Å². The van der Waals surface area contributed by atoms with Crippen molar-refractivity contribution >= 4 is 45.9 Å². The molecule has 1 aromatic carbocycles. The molecule has 0 unspecified atom stereocenters. The molecule has 0 aliphatic heterocycles. The molecule has 4 N–H and O–H groups in total. The lowest BCUT2D eigenvalue weighted by Crippen LogP contribution is -2.42. The van der Waals surface area contributed by atoms with E-state index in [1.54, 1.807) is 30.9 Å². The third-order valence-electron chi connectivity index (χ3n) is 4.35. The average molecular weight is 563 g/mol. The van der Waals surface area contributed by atoms with Gasteiger partial charge >= 0.3 is 0 Å². The number of hydrogen-bond acceptors (Lipinski definition) is 5. The molecule has 0 saturated heterocycles. The third-order valence-corrected chi connectivity index (χ3v) is 5.28. The molecule has 0 aliphatic rings. The maximum absolute atomic E-state index is 11.9. The van der Waals surface area contributed by atoms with E-state index in [1.807, 2.05) is 20.2 Å². The van der Waals surface area contributed by atoms with E-state index in [2.05, 4.69) is 20.7 Å². The summed E-state index contributed by atoms with van der Waals surface area (Å²) in [6.45, 7) is 2.93. The summed E-state index contributed by atoms with van der Waals surface area (Å²) in [7, 11) is 1.51. The van der Waals surface area contributed by atoms with Crippen molar-refractivity contribution in [3.63, 3.8) is 0 Å². The highest BCUT2D eigenvalue weighted by molar-refractivity contribution is 14.0. The number of amides is 1. The predicted octanol–water partition coefficient (Wildman–Crippen LogP) is 0.572. The Morgan fingerprint density at radius 1 is 1.23 bits per heavy atom. The summed E-state index contributed by atoms with van der Waals surface area (Å²) < 4.78 is 24.5. The molecule has 10 nitrogen and oxygen atoms in total. The Kier molecular flexibility index (Phi) is 10.4. The Morgan fingerprint density at radius 3 is 2.42 bits per heavy atom. The SMILES string of the molecule is CCc1nn(C)cc1CNC(=NCc1ccc(S(N)(=O)=O)cc1)NCC(=O)N(C)C.I. The lowest BCUT2D eigenvalue weighted by Gasteiger charge is -2.15. The molecule has 0 atom stereocenters. The summed E-state index contributed by atoms with van der Waals surface area (Å²) in [6, 6.07) is 6.20. The number of nitrogens with one attached hydrogen (secondary N) is 2. The van der Waals surface area contributed by atoms with E-state index in [-0.39, 0.29) is 41.3 Å². The van der Waals surface area contributed by atoms with Crippen LogP contribution in [-0.2, 0) is 41.4 Å². The number of aliphatic imine (C=N–C) groups is 1. The van der Waals surface area contributed by atoms with Crippen molar-refractivity contribution in [3.05, 3.63) is 47.3 Å². The first-order valence-electron chi connectivity index (χ1n) is 9.45.